The van der Waals surface area contributed by atoms with Crippen LogP contribution in [0.25, 0.3) is 0 Å². The maximum atomic E-state index is 13.1. The second kappa shape index (κ2) is 7.23. The number of rotatable bonds is 5. The molecule has 0 fully saturated rings. The highest BCUT2D eigenvalue weighted by atomic mass is 35.5. The summed E-state index contributed by atoms with van der Waals surface area (Å²) in [6.07, 6.45) is 0.510. The van der Waals surface area contributed by atoms with E-state index in [-0.39, 0.29) is 23.8 Å². The quantitative estimate of drug-likeness (QED) is 0.882. The summed E-state index contributed by atoms with van der Waals surface area (Å²) < 4.78 is 14.9. The minimum Gasteiger partial charge on any atom is -0.481 e. The SMILES string of the molecule is O=C(O)CCc1cc2n(n1)CCN(C(=O)Cc1ccc(F)cc1Cl)C2. The Balaban J connectivity index is 1.65. The molecule has 0 unspecified atom stereocenters. The Hall–Kier alpha value is -2.41. The summed E-state index contributed by atoms with van der Waals surface area (Å²) in [4.78, 5) is 24.9. The lowest BCUT2D eigenvalue weighted by Crippen LogP contribution is -2.39. The van der Waals surface area contributed by atoms with Crippen molar-refractivity contribution in [2.45, 2.75) is 32.4 Å². The number of hydrogen-bond acceptors (Lipinski definition) is 3. The van der Waals surface area contributed by atoms with E-state index in [1.165, 1.54) is 18.2 Å². The highest BCUT2D eigenvalue weighted by Crippen LogP contribution is 2.20. The lowest BCUT2D eigenvalue weighted by molar-refractivity contribution is -0.137. The van der Waals surface area contributed by atoms with Crippen LogP contribution in [-0.4, -0.2) is 38.2 Å². The molecule has 0 atom stereocenters. The van der Waals surface area contributed by atoms with E-state index in [4.69, 9.17) is 16.7 Å². The third-order valence-electron chi connectivity index (χ3n) is 4.15. The van der Waals surface area contributed by atoms with Crippen LogP contribution in [-0.2, 0) is 35.5 Å². The molecule has 1 aliphatic heterocycles. The van der Waals surface area contributed by atoms with Gasteiger partial charge in [-0.1, -0.05) is 17.7 Å². The molecule has 0 spiro atoms. The van der Waals surface area contributed by atoms with Crippen LogP contribution in [0.2, 0.25) is 5.02 Å². The smallest absolute Gasteiger partial charge is 0.303 e. The molecular weight excluding hydrogens is 349 g/mol. The van der Waals surface area contributed by atoms with Crippen LogP contribution in [0.3, 0.4) is 0 Å². The van der Waals surface area contributed by atoms with Gasteiger partial charge >= 0.3 is 5.97 Å². The van der Waals surface area contributed by atoms with Gasteiger partial charge in [-0.15, -0.1) is 0 Å². The van der Waals surface area contributed by atoms with E-state index in [0.717, 1.165) is 5.69 Å². The van der Waals surface area contributed by atoms with Crippen molar-refractivity contribution in [3.8, 4) is 0 Å². The maximum Gasteiger partial charge on any atom is 0.303 e. The topological polar surface area (TPSA) is 75.4 Å². The molecule has 0 bridgehead atoms. The molecule has 0 saturated heterocycles. The van der Waals surface area contributed by atoms with E-state index >= 15 is 0 Å². The fraction of sp³-hybridized carbons (Fsp3) is 0.353. The van der Waals surface area contributed by atoms with Crippen LogP contribution in [0.5, 0.6) is 0 Å². The Bertz CT molecular complexity index is 821. The van der Waals surface area contributed by atoms with Gasteiger partial charge in [0, 0.05) is 18.0 Å². The first-order valence-electron chi connectivity index (χ1n) is 7.91. The molecule has 1 aromatic heterocycles. The Morgan fingerprint density at radius 2 is 2.08 bits per heavy atom. The second-order valence-corrected chi connectivity index (χ2v) is 6.38. The van der Waals surface area contributed by atoms with Gasteiger partial charge in [-0.05, 0) is 23.8 Å². The molecule has 1 aliphatic rings. The number of nitrogens with zero attached hydrogens (tertiary/aromatic N) is 3. The first-order valence-corrected chi connectivity index (χ1v) is 8.29. The van der Waals surface area contributed by atoms with E-state index in [0.29, 0.717) is 37.3 Å². The normalized spacial score (nSPS) is 13.6. The number of benzene rings is 1. The van der Waals surface area contributed by atoms with Gasteiger partial charge in [0.1, 0.15) is 5.82 Å². The molecular formula is C17H17ClFN3O3. The Labute approximate surface area is 148 Å². The van der Waals surface area contributed by atoms with Gasteiger partial charge in [0.25, 0.3) is 0 Å². The number of aliphatic carboxylic acids is 1. The van der Waals surface area contributed by atoms with Crippen molar-refractivity contribution in [1.82, 2.24) is 14.7 Å². The van der Waals surface area contributed by atoms with E-state index < -0.39 is 11.8 Å². The van der Waals surface area contributed by atoms with Crippen LogP contribution in [0.1, 0.15) is 23.4 Å². The third-order valence-corrected chi connectivity index (χ3v) is 4.50. The minimum atomic E-state index is -0.862. The molecule has 8 heteroatoms. The molecule has 2 aromatic rings. The molecule has 1 aromatic carbocycles. The zero-order valence-electron chi connectivity index (χ0n) is 13.4. The largest absolute Gasteiger partial charge is 0.481 e. The standard InChI is InChI=1S/C17H17ClFN3O3/c18-15-8-12(19)2-1-11(15)7-16(23)21-5-6-22-14(10-21)9-13(20-22)3-4-17(24)25/h1-2,8-9H,3-7,10H2,(H,24,25). The van der Waals surface area contributed by atoms with Crippen LogP contribution in [0, 0.1) is 5.82 Å². The molecule has 3 rings (SSSR count). The average Bonchev–Trinajstić information content (AvgIpc) is 2.97. The fourth-order valence-corrected chi connectivity index (χ4v) is 3.07. The highest BCUT2D eigenvalue weighted by molar-refractivity contribution is 6.31. The Morgan fingerprint density at radius 3 is 2.80 bits per heavy atom. The summed E-state index contributed by atoms with van der Waals surface area (Å²) in [6.45, 7) is 1.49. The van der Waals surface area contributed by atoms with Gasteiger partial charge in [-0.25, -0.2) is 4.39 Å². The summed E-state index contributed by atoms with van der Waals surface area (Å²) in [5.74, 6) is -1.39. The summed E-state index contributed by atoms with van der Waals surface area (Å²) in [7, 11) is 0. The first-order chi connectivity index (χ1) is 11.9. The summed E-state index contributed by atoms with van der Waals surface area (Å²) in [6, 6.07) is 5.85. The number of aryl methyl sites for hydroxylation is 1. The number of amides is 1. The summed E-state index contributed by atoms with van der Waals surface area (Å²) in [5, 5.41) is 13.4. The number of carbonyl (C=O) groups is 2. The molecule has 132 valence electrons. The zero-order valence-corrected chi connectivity index (χ0v) is 14.2. The molecule has 25 heavy (non-hydrogen) atoms. The van der Waals surface area contributed by atoms with Crippen molar-refractivity contribution in [3.63, 3.8) is 0 Å². The molecule has 0 saturated carbocycles. The van der Waals surface area contributed by atoms with Crippen molar-refractivity contribution >= 4 is 23.5 Å². The lowest BCUT2D eigenvalue weighted by atomic mass is 10.1. The van der Waals surface area contributed by atoms with Crippen molar-refractivity contribution < 1.29 is 19.1 Å². The second-order valence-electron chi connectivity index (χ2n) is 5.97. The predicted molar refractivity (Wildman–Crippen MR) is 88.7 cm³/mol. The van der Waals surface area contributed by atoms with Crippen molar-refractivity contribution in [3.05, 3.63) is 52.1 Å². The molecule has 1 N–H and O–H groups in total. The molecule has 1 amide bonds. The van der Waals surface area contributed by atoms with Gasteiger partial charge in [-0.3, -0.25) is 14.3 Å². The zero-order chi connectivity index (χ0) is 18.0. The number of halogens is 2. The van der Waals surface area contributed by atoms with Crippen molar-refractivity contribution in [2.75, 3.05) is 6.54 Å². The van der Waals surface area contributed by atoms with Gasteiger partial charge in [-0.2, -0.15) is 5.10 Å². The van der Waals surface area contributed by atoms with Crippen LogP contribution < -0.4 is 0 Å². The fourth-order valence-electron chi connectivity index (χ4n) is 2.84. The monoisotopic (exact) mass is 365 g/mol. The molecule has 0 aliphatic carbocycles. The van der Waals surface area contributed by atoms with Crippen molar-refractivity contribution in [2.24, 2.45) is 0 Å². The number of carbonyl (C=O) groups excluding carboxylic acids is 1. The summed E-state index contributed by atoms with van der Waals surface area (Å²) in [5.41, 5.74) is 2.19. The number of carboxylic acid groups (broad SMARTS) is 1. The third kappa shape index (κ3) is 4.17. The first kappa shape index (κ1) is 17.4. The van der Waals surface area contributed by atoms with E-state index in [9.17, 15) is 14.0 Å². The maximum absolute atomic E-state index is 13.1. The van der Waals surface area contributed by atoms with Crippen LogP contribution in [0.15, 0.2) is 24.3 Å². The Kier molecular flexibility index (Phi) is 5.03. The van der Waals surface area contributed by atoms with Gasteiger partial charge in [0.15, 0.2) is 0 Å². The molecule has 6 nitrogen and oxygen atoms in total. The average molecular weight is 366 g/mol. The Morgan fingerprint density at radius 1 is 1.28 bits per heavy atom. The van der Waals surface area contributed by atoms with Crippen LogP contribution >= 0.6 is 11.6 Å². The highest BCUT2D eigenvalue weighted by Gasteiger charge is 2.23. The molecule has 2 heterocycles. The van der Waals surface area contributed by atoms with E-state index in [1.54, 1.807) is 4.90 Å². The minimum absolute atomic E-state index is 0.0299. The van der Waals surface area contributed by atoms with Gasteiger partial charge in [0.2, 0.25) is 5.91 Å². The predicted octanol–water partition coefficient (Wildman–Crippen LogP) is 2.28. The lowest BCUT2D eigenvalue weighted by Gasteiger charge is -2.27. The van der Waals surface area contributed by atoms with Gasteiger partial charge < -0.3 is 10.0 Å². The number of aromatic nitrogens is 2. The summed E-state index contributed by atoms with van der Waals surface area (Å²) >= 11 is 5.98. The number of fused-ring (bicyclic) bond motifs is 1. The van der Waals surface area contributed by atoms with Crippen LogP contribution in [0.4, 0.5) is 4.39 Å². The van der Waals surface area contributed by atoms with E-state index in [1.807, 2.05) is 10.7 Å². The van der Waals surface area contributed by atoms with Gasteiger partial charge in [0.05, 0.1) is 37.3 Å². The number of hydrogen-bond donors (Lipinski definition) is 1. The number of carboxylic acids is 1. The van der Waals surface area contributed by atoms with E-state index in [2.05, 4.69) is 5.10 Å². The molecule has 0 radical (unpaired) electrons. The van der Waals surface area contributed by atoms with Crippen molar-refractivity contribution in [1.29, 1.82) is 0 Å².